The van der Waals surface area contributed by atoms with E-state index in [9.17, 15) is 9.59 Å². The number of carbonyl (C=O) groups excluding carboxylic acids is 2. The van der Waals surface area contributed by atoms with Gasteiger partial charge in [0.2, 0.25) is 0 Å². The zero-order valence-corrected chi connectivity index (χ0v) is 14.4. The molecular weight excluding hydrogens is 298 g/mol. The highest BCUT2D eigenvalue weighted by atomic mass is 16.5. The van der Waals surface area contributed by atoms with Crippen LogP contribution in [0, 0.1) is 0 Å². The normalized spacial score (nSPS) is 11.0. The lowest BCUT2D eigenvalue weighted by Crippen LogP contribution is -2.39. The van der Waals surface area contributed by atoms with E-state index in [0.29, 0.717) is 24.7 Å². The van der Waals surface area contributed by atoms with E-state index in [-0.39, 0.29) is 18.1 Å². The molecule has 0 saturated heterocycles. The Morgan fingerprint density at radius 1 is 1.09 bits per heavy atom. The molecule has 0 saturated carbocycles. The van der Waals surface area contributed by atoms with Gasteiger partial charge in [0.15, 0.2) is 0 Å². The number of hydrogen-bond donors (Lipinski definition) is 1. The molecule has 0 spiro atoms. The molecule has 1 rings (SSSR count). The van der Waals surface area contributed by atoms with E-state index in [1.807, 2.05) is 13.8 Å². The fraction of sp³-hybridized carbons (Fsp3) is 0.529. The first-order valence-electron chi connectivity index (χ1n) is 7.75. The van der Waals surface area contributed by atoms with E-state index >= 15 is 0 Å². The first kappa shape index (κ1) is 19.0. The van der Waals surface area contributed by atoms with E-state index < -0.39 is 11.6 Å². The summed E-state index contributed by atoms with van der Waals surface area (Å²) in [5.41, 5.74) is -0.202. The summed E-state index contributed by atoms with van der Waals surface area (Å²) in [5, 5.41) is 2.75. The van der Waals surface area contributed by atoms with Gasteiger partial charge in [0.25, 0.3) is 5.91 Å². The highest BCUT2D eigenvalue weighted by Crippen LogP contribution is 2.25. The Morgan fingerprint density at radius 3 is 2.35 bits per heavy atom. The van der Waals surface area contributed by atoms with Gasteiger partial charge in [0.1, 0.15) is 16.9 Å². The predicted octanol–water partition coefficient (Wildman–Crippen LogP) is 3.02. The fourth-order valence-corrected chi connectivity index (χ4v) is 1.97. The van der Waals surface area contributed by atoms with E-state index in [1.165, 1.54) is 0 Å². The third-order valence-corrected chi connectivity index (χ3v) is 3.08. The molecule has 0 aliphatic carbocycles. The molecule has 0 aliphatic heterocycles. The topological polar surface area (TPSA) is 73.9 Å². The lowest BCUT2D eigenvalue weighted by Gasteiger charge is -2.23. The van der Waals surface area contributed by atoms with Gasteiger partial charge in [-0.25, -0.2) is 4.79 Å². The second-order valence-corrected chi connectivity index (χ2v) is 5.26. The largest absolute Gasteiger partial charge is 0.493 e. The van der Waals surface area contributed by atoms with Crippen molar-refractivity contribution in [3.63, 3.8) is 0 Å². The van der Waals surface area contributed by atoms with Crippen molar-refractivity contribution < 1.29 is 23.8 Å². The first-order chi connectivity index (χ1) is 10.9. The minimum atomic E-state index is -0.961. The zero-order valence-electron chi connectivity index (χ0n) is 14.4. The molecular formula is C17H25NO5. The second kappa shape index (κ2) is 8.53. The molecule has 1 amide bonds. The molecule has 1 N–H and O–H groups in total. The van der Waals surface area contributed by atoms with Gasteiger partial charge in [-0.05, 0) is 52.8 Å². The predicted molar refractivity (Wildman–Crippen MR) is 87.9 cm³/mol. The summed E-state index contributed by atoms with van der Waals surface area (Å²) in [5.74, 6) is -0.359. The molecule has 0 fully saturated rings. The van der Waals surface area contributed by atoms with Crippen molar-refractivity contribution in [2.75, 3.05) is 25.1 Å². The van der Waals surface area contributed by atoms with Gasteiger partial charge in [-0.2, -0.15) is 0 Å². The summed E-state index contributed by atoms with van der Waals surface area (Å²) in [6.45, 7) is 9.87. The summed E-state index contributed by atoms with van der Waals surface area (Å²) >= 11 is 0. The zero-order chi connectivity index (χ0) is 17.5. The van der Waals surface area contributed by atoms with Crippen LogP contribution in [0.4, 0.5) is 5.69 Å². The highest BCUT2D eigenvalue weighted by molar-refractivity contribution is 5.99. The van der Waals surface area contributed by atoms with E-state index in [0.717, 1.165) is 0 Å². The SMILES string of the molecule is CCOC(=O)c1cc(NC(=O)C(C)(C)OCC)ccc1OCC. The van der Waals surface area contributed by atoms with E-state index in [1.54, 1.807) is 39.0 Å². The van der Waals surface area contributed by atoms with Crippen molar-refractivity contribution in [1.29, 1.82) is 0 Å². The number of ether oxygens (including phenoxy) is 3. The number of benzene rings is 1. The molecule has 23 heavy (non-hydrogen) atoms. The Bertz CT molecular complexity index is 554. The lowest BCUT2D eigenvalue weighted by atomic mass is 10.1. The number of rotatable bonds is 8. The van der Waals surface area contributed by atoms with Gasteiger partial charge < -0.3 is 19.5 Å². The molecule has 0 unspecified atom stereocenters. The minimum absolute atomic E-state index is 0.262. The lowest BCUT2D eigenvalue weighted by molar-refractivity contribution is -0.136. The maximum absolute atomic E-state index is 12.3. The molecule has 128 valence electrons. The Morgan fingerprint density at radius 2 is 1.78 bits per heavy atom. The summed E-state index contributed by atoms with van der Waals surface area (Å²) < 4.78 is 15.9. The van der Waals surface area contributed by atoms with Crippen LogP contribution in [0.2, 0.25) is 0 Å². The van der Waals surface area contributed by atoms with Gasteiger partial charge in [-0.15, -0.1) is 0 Å². The number of carbonyl (C=O) groups is 2. The van der Waals surface area contributed by atoms with Gasteiger partial charge >= 0.3 is 5.97 Å². The molecule has 1 aromatic carbocycles. The van der Waals surface area contributed by atoms with Crippen LogP contribution < -0.4 is 10.1 Å². The Labute approximate surface area is 137 Å². The number of anilines is 1. The number of hydrogen-bond acceptors (Lipinski definition) is 5. The molecule has 6 heteroatoms. The third kappa shape index (κ3) is 5.25. The maximum atomic E-state index is 12.3. The van der Waals surface area contributed by atoms with Crippen LogP contribution >= 0.6 is 0 Å². The van der Waals surface area contributed by atoms with Crippen LogP contribution in [0.15, 0.2) is 18.2 Å². The standard InChI is InChI=1S/C17H25NO5/c1-6-21-14-10-9-12(11-13(14)15(19)22-7-2)18-16(20)17(4,5)23-8-3/h9-11H,6-8H2,1-5H3,(H,18,20). The molecule has 6 nitrogen and oxygen atoms in total. The molecule has 0 aliphatic rings. The van der Waals surface area contributed by atoms with E-state index in [2.05, 4.69) is 5.32 Å². The molecule has 0 aromatic heterocycles. The van der Waals surface area contributed by atoms with Crippen molar-refractivity contribution in [1.82, 2.24) is 0 Å². The molecule has 1 aromatic rings. The average Bonchev–Trinajstić information content (AvgIpc) is 2.49. The van der Waals surface area contributed by atoms with Gasteiger partial charge in [-0.3, -0.25) is 4.79 Å². The fourth-order valence-electron chi connectivity index (χ4n) is 1.97. The van der Waals surface area contributed by atoms with Crippen LogP contribution in [0.1, 0.15) is 45.0 Å². The maximum Gasteiger partial charge on any atom is 0.341 e. The minimum Gasteiger partial charge on any atom is -0.493 e. The molecule has 0 radical (unpaired) electrons. The summed E-state index contributed by atoms with van der Waals surface area (Å²) in [6, 6.07) is 4.86. The number of amides is 1. The van der Waals surface area contributed by atoms with Crippen LogP contribution in [0.5, 0.6) is 5.75 Å². The Kier molecular flexibility index (Phi) is 7.03. The summed E-state index contributed by atoms with van der Waals surface area (Å²) in [7, 11) is 0. The van der Waals surface area contributed by atoms with Crippen molar-refractivity contribution in [3.05, 3.63) is 23.8 Å². The smallest absolute Gasteiger partial charge is 0.341 e. The van der Waals surface area contributed by atoms with Crippen molar-refractivity contribution >= 4 is 17.6 Å². The third-order valence-electron chi connectivity index (χ3n) is 3.08. The van der Waals surface area contributed by atoms with Crippen molar-refractivity contribution in [2.24, 2.45) is 0 Å². The van der Waals surface area contributed by atoms with Crippen molar-refractivity contribution in [3.8, 4) is 5.75 Å². The first-order valence-corrected chi connectivity index (χ1v) is 7.75. The summed E-state index contributed by atoms with van der Waals surface area (Å²) in [6.07, 6.45) is 0. The van der Waals surface area contributed by atoms with Crippen LogP contribution in [0.3, 0.4) is 0 Å². The van der Waals surface area contributed by atoms with Gasteiger partial charge in [0.05, 0.1) is 13.2 Å². The molecule has 0 heterocycles. The summed E-state index contributed by atoms with van der Waals surface area (Å²) in [4.78, 5) is 24.3. The quantitative estimate of drug-likeness (QED) is 0.744. The van der Waals surface area contributed by atoms with Crippen LogP contribution in [-0.4, -0.2) is 37.3 Å². The molecule has 0 atom stereocenters. The molecule has 0 bridgehead atoms. The van der Waals surface area contributed by atoms with Crippen LogP contribution in [0.25, 0.3) is 0 Å². The van der Waals surface area contributed by atoms with Crippen LogP contribution in [-0.2, 0) is 14.3 Å². The monoisotopic (exact) mass is 323 g/mol. The van der Waals surface area contributed by atoms with Gasteiger partial charge in [0, 0.05) is 12.3 Å². The number of esters is 1. The Hall–Kier alpha value is -2.08. The van der Waals surface area contributed by atoms with E-state index in [4.69, 9.17) is 14.2 Å². The number of nitrogens with one attached hydrogen (secondary N) is 1. The Balaban J connectivity index is 3.03. The second-order valence-electron chi connectivity index (χ2n) is 5.26. The van der Waals surface area contributed by atoms with Gasteiger partial charge in [-0.1, -0.05) is 0 Å². The highest BCUT2D eigenvalue weighted by Gasteiger charge is 2.28. The van der Waals surface area contributed by atoms with Crippen molar-refractivity contribution in [2.45, 2.75) is 40.2 Å². The average molecular weight is 323 g/mol.